The third-order valence-electron chi connectivity index (χ3n) is 2.24. The maximum absolute atomic E-state index is 5.43. The summed E-state index contributed by atoms with van der Waals surface area (Å²) >= 11 is 0. The van der Waals surface area contributed by atoms with Crippen LogP contribution in [0, 0.1) is 0 Å². The normalized spacial score (nSPS) is 22.5. The van der Waals surface area contributed by atoms with E-state index in [0.29, 0.717) is 0 Å². The van der Waals surface area contributed by atoms with Crippen LogP contribution in [0.4, 0.5) is 0 Å². The molecule has 0 N–H and O–H groups in total. The SMILES string of the molecule is COC1=CCC2=C(CCO2)C1. The van der Waals surface area contributed by atoms with Crippen molar-refractivity contribution in [1.29, 1.82) is 0 Å². The average Bonchev–Trinajstić information content (AvgIpc) is 2.50. The molecule has 0 radical (unpaired) electrons. The Hall–Kier alpha value is -0.920. The molecule has 0 saturated carbocycles. The molecule has 0 atom stereocenters. The van der Waals surface area contributed by atoms with E-state index in [9.17, 15) is 0 Å². The summed E-state index contributed by atoms with van der Waals surface area (Å²) in [4.78, 5) is 0. The van der Waals surface area contributed by atoms with Crippen molar-refractivity contribution < 1.29 is 9.47 Å². The molecule has 0 spiro atoms. The smallest absolute Gasteiger partial charge is 0.0996 e. The maximum Gasteiger partial charge on any atom is 0.0996 e. The van der Waals surface area contributed by atoms with Gasteiger partial charge >= 0.3 is 0 Å². The van der Waals surface area contributed by atoms with Gasteiger partial charge in [0, 0.05) is 19.3 Å². The number of allylic oxidation sites excluding steroid dienone is 2. The molecule has 2 rings (SSSR count). The van der Waals surface area contributed by atoms with Crippen molar-refractivity contribution in [1.82, 2.24) is 0 Å². The molecule has 0 amide bonds. The number of ether oxygens (including phenoxy) is 2. The van der Waals surface area contributed by atoms with Crippen LogP contribution < -0.4 is 0 Å². The van der Waals surface area contributed by atoms with E-state index in [0.717, 1.165) is 31.6 Å². The van der Waals surface area contributed by atoms with Crippen LogP contribution in [0.3, 0.4) is 0 Å². The number of hydrogen-bond donors (Lipinski definition) is 0. The zero-order valence-electron chi connectivity index (χ0n) is 6.72. The molecule has 0 bridgehead atoms. The highest BCUT2D eigenvalue weighted by molar-refractivity contribution is 5.25. The molecule has 2 aliphatic rings. The van der Waals surface area contributed by atoms with E-state index >= 15 is 0 Å². The Kier molecular flexibility index (Phi) is 1.60. The van der Waals surface area contributed by atoms with E-state index in [1.165, 1.54) is 11.3 Å². The lowest BCUT2D eigenvalue weighted by Gasteiger charge is -2.12. The van der Waals surface area contributed by atoms with Crippen LogP contribution in [-0.4, -0.2) is 13.7 Å². The van der Waals surface area contributed by atoms with E-state index in [1.807, 2.05) is 0 Å². The molecule has 11 heavy (non-hydrogen) atoms. The second-order valence-electron chi connectivity index (χ2n) is 2.88. The third kappa shape index (κ3) is 1.13. The zero-order valence-corrected chi connectivity index (χ0v) is 6.72. The van der Waals surface area contributed by atoms with Gasteiger partial charge in [-0.3, -0.25) is 0 Å². The Morgan fingerprint density at radius 1 is 1.55 bits per heavy atom. The summed E-state index contributed by atoms with van der Waals surface area (Å²) in [5.74, 6) is 2.28. The van der Waals surface area contributed by atoms with Crippen LogP contribution in [0.5, 0.6) is 0 Å². The van der Waals surface area contributed by atoms with Gasteiger partial charge in [-0.05, 0) is 11.6 Å². The average molecular weight is 152 g/mol. The second-order valence-corrected chi connectivity index (χ2v) is 2.88. The molecule has 0 aromatic heterocycles. The van der Waals surface area contributed by atoms with Gasteiger partial charge in [0.15, 0.2) is 0 Å². The lowest BCUT2D eigenvalue weighted by atomic mass is 10.0. The highest BCUT2D eigenvalue weighted by Gasteiger charge is 2.20. The molecule has 1 heterocycles. The molecule has 1 aliphatic heterocycles. The van der Waals surface area contributed by atoms with Crippen molar-refractivity contribution in [3.8, 4) is 0 Å². The van der Waals surface area contributed by atoms with Crippen LogP contribution in [0.25, 0.3) is 0 Å². The third-order valence-corrected chi connectivity index (χ3v) is 2.24. The fourth-order valence-corrected chi connectivity index (χ4v) is 1.57. The monoisotopic (exact) mass is 152 g/mol. The molecule has 0 unspecified atom stereocenters. The van der Waals surface area contributed by atoms with Crippen molar-refractivity contribution in [2.24, 2.45) is 0 Å². The Bertz CT molecular complexity index is 226. The molecule has 0 aromatic rings. The van der Waals surface area contributed by atoms with Crippen LogP contribution in [0.15, 0.2) is 23.2 Å². The molecule has 0 saturated heterocycles. The molecular formula is C9H12O2. The lowest BCUT2D eigenvalue weighted by molar-refractivity contribution is 0.235. The summed E-state index contributed by atoms with van der Waals surface area (Å²) in [6.07, 6.45) is 5.09. The van der Waals surface area contributed by atoms with E-state index < -0.39 is 0 Å². The van der Waals surface area contributed by atoms with Gasteiger partial charge in [0.1, 0.15) is 0 Å². The summed E-state index contributed by atoms with van der Waals surface area (Å²) < 4.78 is 10.6. The predicted octanol–water partition coefficient (Wildman–Crippen LogP) is 1.98. The quantitative estimate of drug-likeness (QED) is 0.572. The summed E-state index contributed by atoms with van der Waals surface area (Å²) in [7, 11) is 1.73. The zero-order chi connectivity index (χ0) is 7.68. The topological polar surface area (TPSA) is 18.5 Å². The minimum atomic E-state index is 0.871. The second kappa shape index (κ2) is 2.61. The van der Waals surface area contributed by atoms with Crippen LogP contribution in [0.1, 0.15) is 19.3 Å². The minimum absolute atomic E-state index is 0.871. The summed E-state index contributed by atoms with van der Waals surface area (Å²) in [5, 5.41) is 0. The van der Waals surface area contributed by atoms with Gasteiger partial charge in [-0.1, -0.05) is 0 Å². The largest absolute Gasteiger partial charge is 0.501 e. The first kappa shape index (κ1) is 6.77. The Morgan fingerprint density at radius 3 is 3.27 bits per heavy atom. The number of rotatable bonds is 1. The highest BCUT2D eigenvalue weighted by Crippen LogP contribution is 2.32. The van der Waals surface area contributed by atoms with E-state index in [1.54, 1.807) is 7.11 Å². The lowest BCUT2D eigenvalue weighted by Crippen LogP contribution is -1.97. The van der Waals surface area contributed by atoms with Gasteiger partial charge in [0.05, 0.1) is 25.2 Å². The molecule has 2 heteroatoms. The van der Waals surface area contributed by atoms with Crippen LogP contribution in [-0.2, 0) is 9.47 Å². The molecule has 0 aromatic carbocycles. The van der Waals surface area contributed by atoms with Gasteiger partial charge in [-0.2, -0.15) is 0 Å². The van der Waals surface area contributed by atoms with E-state index in [4.69, 9.17) is 9.47 Å². The minimum Gasteiger partial charge on any atom is -0.501 e. The highest BCUT2D eigenvalue weighted by atomic mass is 16.5. The molecule has 2 nitrogen and oxygen atoms in total. The maximum atomic E-state index is 5.43. The molecule has 60 valence electrons. The van der Waals surface area contributed by atoms with Gasteiger partial charge in [-0.25, -0.2) is 0 Å². The number of methoxy groups -OCH3 is 1. The summed E-state index contributed by atoms with van der Waals surface area (Å²) in [5.41, 5.74) is 1.43. The fraction of sp³-hybridized carbons (Fsp3) is 0.556. The first-order valence-corrected chi connectivity index (χ1v) is 3.97. The van der Waals surface area contributed by atoms with Crippen LogP contribution in [0.2, 0.25) is 0 Å². The Labute approximate surface area is 66.5 Å². The summed E-state index contributed by atoms with van der Waals surface area (Å²) in [6.45, 7) is 0.871. The van der Waals surface area contributed by atoms with Crippen molar-refractivity contribution in [3.05, 3.63) is 23.2 Å². The molecular weight excluding hydrogens is 140 g/mol. The standard InChI is InChI=1S/C9H12O2/c1-10-8-2-3-9-7(6-8)4-5-11-9/h2H,3-6H2,1H3. The Balaban J connectivity index is 2.10. The van der Waals surface area contributed by atoms with Crippen molar-refractivity contribution >= 4 is 0 Å². The van der Waals surface area contributed by atoms with Gasteiger partial charge in [-0.15, -0.1) is 0 Å². The van der Waals surface area contributed by atoms with E-state index in [2.05, 4.69) is 6.08 Å². The predicted molar refractivity (Wildman–Crippen MR) is 41.9 cm³/mol. The van der Waals surface area contributed by atoms with E-state index in [-0.39, 0.29) is 0 Å². The van der Waals surface area contributed by atoms with Gasteiger partial charge in [0.2, 0.25) is 0 Å². The molecule has 1 aliphatic carbocycles. The Morgan fingerprint density at radius 2 is 2.45 bits per heavy atom. The van der Waals surface area contributed by atoms with Crippen molar-refractivity contribution in [2.75, 3.05) is 13.7 Å². The van der Waals surface area contributed by atoms with Crippen molar-refractivity contribution in [3.63, 3.8) is 0 Å². The first-order valence-electron chi connectivity index (χ1n) is 3.97. The molecule has 0 fully saturated rings. The number of hydrogen-bond acceptors (Lipinski definition) is 2. The van der Waals surface area contributed by atoms with Gasteiger partial charge in [0.25, 0.3) is 0 Å². The van der Waals surface area contributed by atoms with Crippen LogP contribution >= 0.6 is 0 Å². The first-order chi connectivity index (χ1) is 5.40. The van der Waals surface area contributed by atoms with Crippen molar-refractivity contribution in [2.45, 2.75) is 19.3 Å². The fourth-order valence-electron chi connectivity index (χ4n) is 1.57. The summed E-state index contributed by atoms with van der Waals surface area (Å²) in [6, 6.07) is 0. The van der Waals surface area contributed by atoms with Gasteiger partial charge < -0.3 is 9.47 Å².